The highest BCUT2D eigenvalue weighted by Crippen LogP contribution is 2.38. The minimum atomic E-state index is -3.96. The number of nitrogens with two attached hydrogens (primary N) is 1. The molecule has 7 unspecified atom stereocenters. The summed E-state index contributed by atoms with van der Waals surface area (Å²) in [5, 5.41) is 49.3. The van der Waals surface area contributed by atoms with Gasteiger partial charge in [-0.3, -0.25) is 9.69 Å². The Morgan fingerprint density at radius 1 is 1.07 bits per heavy atom. The molecule has 3 fully saturated rings. The number of benzene rings is 2. The number of fused-ring (bicyclic) bond motifs is 1. The van der Waals surface area contributed by atoms with E-state index in [0.717, 1.165) is 10.5 Å². The van der Waals surface area contributed by atoms with Crippen LogP contribution in [0.3, 0.4) is 0 Å². The molecule has 2 saturated heterocycles. The number of anilines is 3. The topological polar surface area (TPSA) is 270 Å². The molecule has 4 heterocycles. The maximum absolute atomic E-state index is 12.9. The van der Waals surface area contributed by atoms with Gasteiger partial charge >= 0.3 is 12.1 Å². The van der Waals surface area contributed by atoms with Crippen molar-refractivity contribution in [1.82, 2.24) is 35.1 Å². The Morgan fingerprint density at radius 3 is 2.54 bits per heavy atom. The predicted octanol–water partition coefficient (Wildman–Crippen LogP) is -0.135. The summed E-state index contributed by atoms with van der Waals surface area (Å²) in [7, 11) is -3.96. The standard InChI is InChI=1S/C34H41N11O8S/c1-18-31(49)45(34(51)37-18)25-14-24(27(47)28(25)48)44-17-36-26-29(38-22(16-46)12-19-6-3-2-4-7-19)41-32(42-30(26)44)43-11-10-21(15-43)40-33(50)39-20-8-5-9-23(13-20)54(35,52)53/h2-9,13,17-18,21-22,24-25,27-28,46-48H,10-12,14-16H2,1H3,(H,37,51)(H2,35,52,53)(H,38,41,42)(H2,39,40,50). The van der Waals surface area contributed by atoms with Crippen LogP contribution in [-0.2, 0) is 21.2 Å². The van der Waals surface area contributed by atoms with Gasteiger partial charge in [0.25, 0.3) is 5.91 Å². The average Bonchev–Trinajstić information content (AvgIpc) is 3.90. The molecule has 1 saturated carbocycles. The van der Waals surface area contributed by atoms with E-state index in [1.807, 2.05) is 35.2 Å². The van der Waals surface area contributed by atoms with Gasteiger partial charge < -0.3 is 46.1 Å². The minimum Gasteiger partial charge on any atom is -0.394 e. The fourth-order valence-corrected chi connectivity index (χ4v) is 7.82. The number of urea groups is 2. The van der Waals surface area contributed by atoms with E-state index in [-0.39, 0.29) is 35.6 Å². The monoisotopic (exact) mass is 763 g/mol. The maximum Gasteiger partial charge on any atom is 0.325 e. The first kappa shape index (κ1) is 36.9. The Labute approximate surface area is 309 Å². The molecule has 4 aromatic rings. The number of sulfonamides is 1. The van der Waals surface area contributed by atoms with Crippen molar-refractivity contribution in [2.24, 2.45) is 5.14 Å². The summed E-state index contributed by atoms with van der Waals surface area (Å²) in [6.07, 6.45) is -0.355. The van der Waals surface area contributed by atoms with E-state index in [2.05, 4.69) is 26.3 Å². The van der Waals surface area contributed by atoms with Crippen LogP contribution >= 0.6 is 0 Å². The van der Waals surface area contributed by atoms with Crippen molar-refractivity contribution in [1.29, 1.82) is 0 Å². The first-order valence-corrected chi connectivity index (χ1v) is 19.0. The van der Waals surface area contributed by atoms with Gasteiger partial charge in [-0.05, 0) is 49.9 Å². The quantitative estimate of drug-likeness (QED) is 0.0926. The molecule has 0 spiro atoms. The molecule has 5 amide bonds. The van der Waals surface area contributed by atoms with Crippen molar-refractivity contribution < 1.29 is 38.1 Å². The van der Waals surface area contributed by atoms with Crippen molar-refractivity contribution in [2.75, 3.05) is 35.2 Å². The molecular formula is C34H41N11O8S. The number of hydrogen-bond acceptors (Lipinski definition) is 13. The number of imidazole rings is 1. The number of nitrogens with one attached hydrogen (secondary N) is 4. The average molecular weight is 764 g/mol. The summed E-state index contributed by atoms with van der Waals surface area (Å²) in [5.74, 6) is 0.0706. The molecular weight excluding hydrogens is 723 g/mol. The van der Waals surface area contributed by atoms with Gasteiger partial charge in [-0.25, -0.2) is 28.1 Å². The van der Waals surface area contributed by atoms with Crippen LogP contribution in [0.1, 0.15) is 31.4 Å². The zero-order chi connectivity index (χ0) is 38.3. The zero-order valence-electron chi connectivity index (χ0n) is 29.1. The normalized spacial score (nSPS) is 24.9. The number of carbonyl (C=O) groups is 3. The molecule has 7 atom stereocenters. The molecule has 1 aliphatic carbocycles. The van der Waals surface area contributed by atoms with Gasteiger partial charge in [-0.1, -0.05) is 36.4 Å². The summed E-state index contributed by atoms with van der Waals surface area (Å²) < 4.78 is 25.1. The lowest BCUT2D eigenvalue weighted by atomic mass is 10.1. The predicted molar refractivity (Wildman–Crippen MR) is 195 cm³/mol. The molecule has 0 bridgehead atoms. The Hall–Kier alpha value is -5.41. The van der Waals surface area contributed by atoms with Crippen molar-refractivity contribution in [3.63, 3.8) is 0 Å². The van der Waals surface area contributed by atoms with Gasteiger partial charge in [-0.2, -0.15) is 9.97 Å². The number of carbonyl (C=O) groups excluding carboxylic acids is 3. The summed E-state index contributed by atoms with van der Waals surface area (Å²) >= 11 is 0. The Balaban J connectivity index is 1.16. The smallest absolute Gasteiger partial charge is 0.325 e. The van der Waals surface area contributed by atoms with E-state index in [1.54, 1.807) is 11.5 Å². The molecule has 54 heavy (non-hydrogen) atoms. The summed E-state index contributed by atoms with van der Waals surface area (Å²) in [4.78, 5) is 55.3. The van der Waals surface area contributed by atoms with Crippen molar-refractivity contribution in [3.8, 4) is 0 Å². The van der Waals surface area contributed by atoms with Gasteiger partial charge in [0, 0.05) is 24.8 Å². The first-order valence-electron chi connectivity index (χ1n) is 17.4. The highest BCUT2D eigenvalue weighted by Gasteiger charge is 2.51. The van der Waals surface area contributed by atoms with E-state index >= 15 is 0 Å². The number of aliphatic hydroxyl groups is 3. The number of imide groups is 1. The van der Waals surface area contributed by atoms with Gasteiger partial charge in [0.2, 0.25) is 16.0 Å². The number of primary sulfonamides is 1. The second-order valence-electron chi connectivity index (χ2n) is 13.7. The number of rotatable bonds is 11. The van der Waals surface area contributed by atoms with Gasteiger partial charge in [0.1, 0.15) is 18.2 Å². The maximum atomic E-state index is 12.9. The largest absolute Gasteiger partial charge is 0.394 e. The lowest BCUT2D eigenvalue weighted by Crippen LogP contribution is -2.47. The van der Waals surface area contributed by atoms with Crippen LogP contribution in [0.25, 0.3) is 11.2 Å². The fourth-order valence-electron chi connectivity index (χ4n) is 7.26. The summed E-state index contributed by atoms with van der Waals surface area (Å²) in [6, 6.07) is 10.6. The van der Waals surface area contributed by atoms with E-state index in [1.165, 1.54) is 30.6 Å². The van der Waals surface area contributed by atoms with Crippen molar-refractivity contribution in [2.45, 2.75) is 73.5 Å². The summed E-state index contributed by atoms with van der Waals surface area (Å²) in [6.45, 7) is 2.05. The van der Waals surface area contributed by atoms with Crippen LogP contribution < -0.4 is 31.3 Å². The van der Waals surface area contributed by atoms with Crippen LogP contribution in [0.4, 0.5) is 27.0 Å². The van der Waals surface area contributed by atoms with E-state index in [4.69, 9.17) is 15.1 Å². The first-order chi connectivity index (χ1) is 25.8. The molecule has 20 heteroatoms. The highest BCUT2D eigenvalue weighted by atomic mass is 32.2. The van der Waals surface area contributed by atoms with Crippen LogP contribution in [0.2, 0.25) is 0 Å². The van der Waals surface area contributed by atoms with Crippen LogP contribution in [0.15, 0.2) is 65.8 Å². The molecule has 9 N–H and O–H groups in total. The Kier molecular flexibility index (Phi) is 10.1. The molecule has 0 radical (unpaired) electrons. The summed E-state index contributed by atoms with van der Waals surface area (Å²) in [5.41, 5.74) is 1.85. The van der Waals surface area contributed by atoms with E-state index < -0.39 is 64.4 Å². The van der Waals surface area contributed by atoms with Crippen molar-refractivity contribution in [3.05, 3.63) is 66.5 Å². The SMILES string of the molecule is CC1NC(=O)N(C2CC(n3cnc4c(NC(CO)Cc5ccccc5)nc(N5CCC(NC(=O)Nc6cccc(S(N)(=O)=O)c6)C5)nc43)C(O)C2O)C1=O. The van der Waals surface area contributed by atoms with Crippen LogP contribution in [-0.4, -0.2) is 122 Å². The van der Waals surface area contributed by atoms with Gasteiger partial charge in [0.05, 0.1) is 36.0 Å². The highest BCUT2D eigenvalue weighted by molar-refractivity contribution is 7.89. The number of aromatic nitrogens is 4. The lowest BCUT2D eigenvalue weighted by molar-refractivity contribution is -0.130. The lowest BCUT2D eigenvalue weighted by Gasteiger charge is -2.24. The molecule has 2 aromatic carbocycles. The van der Waals surface area contributed by atoms with E-state index in [0.29, 0.717) is 42.9 Å². The van der Waals surface area contributed by atoms with E-state index in [9.17, 15) is 38.1 Å². The van der Waals surface area contributed by atoms with Crippen LogP contribution in [0, 0.1) is 0 Å². The molecule has 3 aliphatic rings. The van der Waals surface area contributed by atoms with Crippen LogP contribution in [0.5, 0.6) is 0 Å². The number of amides is 5. The molecule has 19 nitrogen and oxygen atoms in total. The Bertz CT molecular complexity index is 2170. The molecule has 2 aliphatic heterocycles. The minimum absolute atomic E-state index is 0.0278. The molecule has 2 aromatic heterocycles. The third-order valence-electron chi connectivity index (χ3n) is 10.00. The molecule has 286 valence electrons. The fraction of sp³-hybridized carbons (Fsp3) is 0.412. The zero-order valence-corrected chi connectivity index (χ0v) is 29.9. The third-order valence-corrected chi connectivity index (χ3v) is 10.9. The third kappa shape index (κ3) is 7.37. The molecule has 7 rings (SSSR count). The second kappa shape index (κ2) is 14.8. The van der Waals surface area contributed by atoms with Gasteiger partial charge in [0.15, 0.2) is 17.0 Å². The number of aliphatic hydroxyl groups excluding tert-OH is 3. The number of hydrogen-bond donors (Lipinski definition) is 8. The van der Waals surface area contributed by atoms with Gasteiger partial charge in [-0.15, -0.1) is 0 Å². The number of nitrogens with zero attached hydrogens (tertiary/aromatic N) is 6. The van der Waals surface area contributed by atoms with Crippen molar-refractivity contribution >= 4 is 56.6 Å². The second-order valence-corrected chi connectivity index (χ2v) is 15.3. The Morgan fingerprint density at radius 2 is 1.83 bits per heavy atom.